The summed E-state index contributed by atoms with van der Waals surface area (Å²) in [6, 6.07) is 1.01. The number of rotatable bonds is 2. The van der Waals surface area contributed by atoms with E-state index in [9.17, 15) is 0 Å². The standard InChI is InChI=1S/C14H24N4/c1-17-6-3-2-4-12(17)9-14-16-10-13-8-11(15)5-7-18(13)14/h10-12H,2-9,15H2,1H3. The van der Waals surface area contributed by atoms with Crippen LogP contribution in [-0.4, -0.2) is 40.1 Å². The molecule has 1 fully saturated rings. The van der Waals surface area contributed by atoms with E-state index >= 15 is 0 Å². The number of nitrogens with two attached hydrogens (primary N) is 1. The number of piperidine rings is 1. The number of fused-ring (bicyclic) bond motifs is 1. The van der Waals surface area contributed by atoms with Gasteiger partial charge in [-0.15, -0.1) is 0 Å². The normalized spacial score (nSPS) is 29.2. The largest absolute Gasteiger partial charge is 0.332 e. The Hall–Kier alpha value is -0.870. The fraction of sp³-hybridized carbons (Fsp3) is 0.786. The molecule has 4 nitrogen and oxygen atoms in total. The highest BCUT2D eigenvalue weighted by Gasteiger charge is 2.24. The van der Waals surface area contributed by atoms with Gasteiger partial charge in [-0.1, -0.05) is 6.42 Å². The second-order valence-electron chi connectivity index (χ2n) is 5.90. The Morgan fingerprint density at radius 3 is 3.06 bits per heavy atom. The van der Waals surface area contributed by atoms with Crippen molar-refractivity contribution in [3.63, 3.8) is 0 Å². The Balaban J connectivity index is 1.73. The Morgan fingerprint density at radius 1 is 1.33 bits per heavy atom. The summed E-state index contributed by atoms with van der Waals surface area (Å²) in [6.07, 6.45) is 9.26. The highest BCUT2D eigenvalue weighted by atomic mass is 15.2. The fourth-order valence-electron chi connectivity index (χ4n) is 3.33. The molecule has 0 aliphatic carbocycles. The van der Waals surface area contributed by atoms with E-state index in [-0.39, 0.29) is 0 Å². The monoisotopic (exact) mass is 248 g/mol. The van der Waals surface area contributed by atoms with Crippen LogP contribution in [0.2, 0.25) is 0 Å². The maximum absolute atomic E-state index is 6.02. The lowest BCUT2D eigenvalue weighted by Crippen LogP contribution is -2.38. The van der Waals surface area contributed by atoms with Crippen LogP contribution in [0.5, 0.6) is 0 Å². The molecule has 18 heavy (non-hydrogen) atoms. The minimum Gasteiger partial charge on any atom is -0.332 e. The first kappa shape index (κ1) is 12.2. The van der Waals surface area contributed by atoms with Gasteiger partial charge in [0.05, 0.1) is 0 Å². The Bertz CT molecular complexity index is 412. The summed E-state index contributed by atoms with van der Waals surface area (Å²) in [7, 11) is 2.25. The van der Waals surface area contributed by atoms with Gasteiger partial charge in [-0.3, -0.25) is 0 Å². The van der Waals surface area contributed by atoms with Crippen molar-refractivity contribution in [2.75, 3.05) is 13.6 Å². The minimum absolute atomic E-state index is 0.333. The molecule has 2 N–H and O–H groups in total. The molecular formula is C14H24N4. The van der Waals surface area contributed by atoms with Crippen LogP contribution in [0.15, 0.2) is 6.20 Å². The lowest BCUT2D eigenvalue weighted by atomic mass is 9.99. The number of nitrogens with zero attached hydrogens (tertiary/aromatic N) is 3. The molecule has 0 saturated carbocycles. The summed E-state index contributed by atoms with van der Waals surface area (Å²) in [6.45, 7) is 2.30. The van der Waals surface area contributed by atoms with Crippen molar-refractivity contribution in [1.29, 1.82) is 0 Å². The highest BCUT2D eigenvalue weighted by molar-refractivity contribution is 5.11. The molecule has 1 aromatic heterocycles. The van der Waals surface area contributed by atoms with E-state index in [0.29, 0.717) is 12.1 Å². The second kappa shape index (κ2) is 5.02. The van der Waals surface area contributed by atoms with Crippen molar-refractivity contribution in [1.82, 2.24) is 14.5 Å². The number of hydrogen-bond donors (Lipinski definition) is 1. The van der Waals surface area contributed by atoms with E-state index < -0.39 is 0 Å². The summed E-state index contributed by atoms with van der Waals surface area (Å²) in [4.78, 5) is 7.14. The van der Waals surface area contributed by atoms with E-state index in [1.807, 2.05) is 6.20 Å². The van der Waals surface area contributed by atoms with E-state index in [4.69, 9.17) is 5.73 Å². The van der Waals surface area contributed by atoms with E-state index in [0.717, 1.165) is 25.8 Å². The van der Waals surface area contributed by atoms with Crippen molar-refractivity contribution >= 4 is 0 Å². The van der Waals surface area contributed by atoms with Crippen molar-refractivity contribution in [3.8, 4) is 0 Å². The molecule has 1 saturated heterocycles. The van der Waals surface area contributed by atoms with Crippen molar-refractivity contribution in [2.24, 2.45) is 5.73 Å². The Kier molecular flexibility index (Phi) is 3.39. The lowest BCUT2D eigenvalue weighted by Gasteiger charge is -2.32. The predicted octanol–water partition coefficient (Wildman–Crippen LogP) is 1.18. The number of aromatic nitrogens is 2. The molecule has 0 spiro atoms. The van der Waals surface area contributed by atoms with Gasteiger partial charge in [0.1, 0.15) is 5.82 Å². The van der Waals surface area contributed by atoms with Gasteiger partial charge in [-0.2, -0.15) is 0 Å². The van der Waals surface area contributed by atoms with Crippen molar-refractivity contribution in [3.05, 3.63) is 17.7 Å². The van der Waals surface area contributed by atoms with Crippen LogP contribution >= 0.6 is 0 Å². The number of hydrogen-bond acceptors (Lipinski definition) is 3. The average Bonchev–Trinajstić information content (AvgIpc) is 2.74. The summed E-state index contributed by atoms with van der Waals surface area (Å²) >= 11 is 0. The van der Waals surface area contributed by atoms with Gasteiger partial charge < -0.3 is 15.2 Å². The van der Waals surface area contributed by atoms with Gasteiger partial charge in [0, 0.05) is 43.4 Å². The molecule has 4 heteroatoms. The molecule has 3 heterocycles. The molecule has 0 amide bonds. The van der Waals surface area contributed by atoms with Gasteiger partial charge in [0.2, 0.25) is 0 Å². The third-order valence-electron chi connectivity index (χ3n) is 4.56. The Labute approximate surface area is 109 Å². The summed E-state index contributed by atoms with van der Waals surface area (Å²) in [5, 5.41) is 0. The van der Waals surface area contributed by atoms with Gasteiger partial charge >= 0.3 is 0 Å². The smallest absolute Gasteiger partial charge is 0.110 e. The lowest BCUT2D eigenvalue weighted by molar-refractivity contribution is 0.181. The number of likely N-dealkylation sites (tertiary alicyclic amines) is 1. The molecule has 0 bridgehead atoms. The topological polar surface area (TPSA) is 47.1 Å². The van der Waals surface area contributed by atoms with Crippen LogP contribution in [-0.2, 0) is 19.4 Å². The van der Waals surface area contributed by atoms with Crippen LogP contribution in [0.25, 0.3) is 0 Å². The first-order valence-corrected chi connectivity index (χ1v) is 7.23. The van der Waals surface area contributed by atoms with Crippen LogP contribution in [0.1, 0.15) is 37.2 Å². The van der Waals surface area contributed by atoms with E-state index in [1.54, 1.807) is 0 Å². The van der Waals surface area contributed by atoms with Crippen LogP contribution < -0.4 is 5.73 Å². The molecule has 2 atom stereocenters. The molecule has 2 aliphatic rings. The third kappa shape index (κ3) is 2.31. The Morgan fingerprint density at radius 2 is 2.22 bits per heavy atom. The predicted molar refractivity (Wildman–Crippen MR) is 72.5 cm³/mol. The molecule has 0 aromatic carbocycles. The maximum atomic E-state index is 6.02. The van der Waals surface area contributed by atoms with E-state index in [2.05, 4.69) is 21.5 Å². The molecule has 2 aliphatic heterocycles. The van der Waals surface area contributed by atoms with Crippen molar-refractivity contribution < 1.29 is 0 Å². The summed E-state index contributed by atoms with van der Waals surface area (Å²) in [5.74, 6) is 1.27. The molecular weight excluding hydrogens is 224 g/mol. The van der Waals surface area contributed by atoms with E-state index in [1.165, 1.54) is 37.3 Å². The average molecular weight is 248 g/mol. The van der Waals surface area contributed by atoms with Crippen molar-refractivity contribution in [2.45, 2.75) is 57.2 Å². The molecule has 3 rings (SSSR count). The summed E-state index contributed by atoms with van der Waals surface area (Å²) in [5.41, 5.74) is 7.35. The number of likely N-dealkylation sites (N-methyl/N-ethyl adjacent to an activating group) is 1. The zero-order chi connectivity index (χ0) is 12.5. The summed E-state index contributed by atoms with van der Waals surface area (Å²) < 4.78 is 2.41. The quantitative estimate of drug-likeness (QED) is 0.855. The molecule has 2 unspecified atom stereocenters. The molecule has 100 valence electrons. The SMILES string of the molecule is CN1CCCCC1Cc1ncc2n1CCC(N)C2. The highest BCUT2D eigenvalue weighted by Crippen LogP contribution is 2.21. The first-order chi connectivity index (χ1) is 8.74. The van der Waals surface area contributed by atoms with Crippen LogP contribution in [0.4, 0.5) is 0 Å². The molecule has 0 radical (unpaired) electrons. The van der Waals surface area contributed by atoms with Gasteiger partial charge in [-0.25, -0.2) is 4.98 Å². The van der Waals surface area contributed by atoms with Gasteiger partial charge in [-0.05, 0) is 32.9 Å². The van der Waals surface area contributed by atoms with Crippen LogP contribution in [0.3, 0.4) is 0 Å². The zero-order valence-corrected chi connectivity index (χ0v) is 11.3. The third-order valence-corrected chi connectivity index (χ3v) is 4.56. The zero-order valence-electron chi connectivity index (χ0n) is 11.3. The van der Waals surface area contributed by atoms with Crippen LogP contribution in [0, 0.1) is 0 Å². The minimum atomic E-state index is 0.333. The number of imidazole rings is 1. The molecule has 1 aromatic rings. The van der Waals surface area contributed by atoms with Gasteiger partial charge in [0.15, 0.2) is 0 Å². The first-order valence-electron chi connectivity index (χ1n) is 7.23. The van der Waals surface area contributed by atoms with Gasteiger partial charge in [0.25, 0.3) is 0 Å². The second-order valence-corrected chi connectivity index (χ2v) is 5.90. The maximum Gasteiger partial charge on any atom is 0.110 e. The fourth-order valence-corrected chi connectivity index (χ4v) is 3.33.